The Morgan fingerprint density at radius 3 is 2.55 bits per heavy atom. The van der Waals surface area contributed by atoms with E-state index < -0.39 is 0 Å². The highest BCUT2D eigenvalue weighted by atomic mass is 35.5. The Morgan fingerprint density at radius 1 is 1.64 bits per heavy atom. The molecule has 0 aliphatic heterocycles. The first-order valence-electron chi connectivity index (χ1n) is 3.27. The lowest BCUT2D eigenvalue weighted by Crippen LogP contribution is -2.37. The minimum atomic E-state index is -0.316. The smallest absolute Gasteiger partial charge is 0.0832 e. The summed E-state index contributed by atoms with van der Waals surface area (Å²) in [6.45, 7) is 4.55. The van der Waals surface area contributed by atoms with E-state index >= 15 is 0 Å². The summed E-state index contributed by atoms with van der Waals surface area (Å²) in [6.07, 6.45) is 0. The minimum Gasteiger partial charge on any atom is -0.374 e. The van der Waals surface area contributed by atoms with Crippen molar-refractivity contribution in [2.24, 2.45) is 5.73 Å². The molecule has 2 nitrogen and oxygen atoms in total. The Labute approximate surface area is 77.3 Å². The van der Waals surface area contributed by atoms with Gasteiger partial charge >= 0.3 is 0 Å². The molecule has 0 heterocycles. The standard InChI is InChI=1S/C7H13Cl2NO/c1-7(2,10)5-11-4-6(9)3-8/h3H,4-5,10H2,1-2H3. The van der Waals surface area contributed by atoms with Crippen molar-refractivity contribution < 1.29 is 4.74 Å². The largest absolute Gasteiger partial charge is 0.374 e. The second kappa shape index (κ2) is 4.99. The monoisotopic (exact) mass is 197 g/mol. The first kappa shape index (κ1) is 11.2. The molecule has 0 amide bonds. The molecule has 0 bridgehead atoms. The predicted octanol–water partition coefficient (Wildman–Crippen LogP) is 2.06. The fraction of sp³-hybridized carbons (Fsp3) is 0.714. The second-order valence-corrected chi connectivity index (χ2v) is 3.74. The molecule has 0 saturated carbocycles. The summed E-state index contributed by atoms with van der Waals surface area (Å²) < 4.78 is 5.14. The molecule has 0 saturated heterocycles. The SMILES string of the molecule is CC(C)(N)COCC(Cl)=CCl. The summed E-state index contributed by atoms with van der Waals surface area (Å²) in [7, 11) is 0. The number of nitrogens with two attached hydrogens (primary N) is 1. The van der Waals surface area contributed by atoms with Gasteiger partial charge in [0.15, 0.2) is 0 Å². The van der Waals surface area contributed by atoms with E-state index in [1.165, 1.54) is 5.54 Å². The van der Waals surface area contributed by atoms with Crippen LogP contribution in [-0.4, -0.2) is 18.8 Å². The van der Waals surface area contributed by atoms with E-state index in [0.29, 0.717) is 18.2 Å². The number of ether oxygens (including phenoxy) is 1. The molecule has 0 unspecified atom stereocenters. The maximum atomic E-state index is 5.64. The van der Waals surface area contributed by atoms with Crippen LogP contribution in [0.3, 0.4) is 0 Å². The van der Waals surface area contributed by atoms with Crippen LogP contribution >= 0.6 is 23.2 Å². The molecule has 0 radical (unpaired) electrons. The van der Waals surface area contributed by atoms with Crippen LogP contribution in [0.5, 0.6) is 0 Å². The van der Waals surface area contributed by atoms with Crippen LogP contribution < -0.4 is 5.73 Å². The van der Waals surface area contributed by atoms with Crippen molar-refractivity contribution in [3.05, 3.63) is 10.6 Å². The molecule has 0 atom stereocenters. The van der Waals surface area contributed by atoms with Crippen molar-refractivity contribution in [1.82, 2.24) is 0 Å². The minimum absolute atomic E-state index is 0.316. The van der Waals surface area contributed by atoms with Crippen LogP contribution in [0, 0.1) is 0 Å². The summed E-state index contributed by atoms with van der Waals surface area (Å²) in [4.78, 5) is 0. The summed E-state index contributed by atoms with van der Waals surface area (Å²) in [6, 6.07) is 0. The molecular weight excluding hydrogens is 185 g/mol. The van der Waals surface area contributed by atoms with Gasteiger partial charge < -0.3 is 10.5 Å². The summed E-state index contributed by atoms with van der Waals surface area (Å²) >= 11 is 10.9. The first-order chi connectivity index (χ1) is 4.95. The van der Waals surface area contributed by atoms with Gasteiger partial charge in [0.1, 0.15) is 0 Å². The summed E-state index contributed by atoms with van der Waals surface area (Å²) in [5.74, 6) is 0. The van der Waals surface area contributed by atoms with Crippen molar-refractivity contribution in [2.75, 3.05) is 13.2 Å². The number of rotatable bonds is 4. The van der Waals surface area contributed by atoms with Crippen LogP contribution in [0.1, 0.15) is 13.8 Å². The Bertz CT molecular complexity index is 140. The fourth-order valence-electron chi connectivity index (χ4n) is 0.443. The van der Waals surface area contributed by atoms with Gasteiger partial charge in [0.25, 0.3) is 0 Å². The van der Waals surface area contributed by atoms with Crippen LogP contribution in [0.2, 0.25) is 0 Å². The van der Waals surface area contributed by atoms with Gasteiger partial charge in [-0.2, -0.15) is 0 Å². The first-order valence-corrected chi connectivity index (χ1v) is 4.08. The van der Waals surface area contributed by atoms with Crippen molar-refractivity contribution in [3.63, 3.8) is 0 Å². The lowest BCUT2D eigenvalue weighted by atomic mass is 10.1. The zero-order valence-electron chi connectivity index (χ0n) is 6.73. The Balaban J connectivity index is 3.43. The topological polar surface area (TPSA) is 35.2 Å². The summed E-state index contributed by atoms with van der Waals surface area (Å²) in [5, 5.41) is 0.482. The predicted molar refractivity (Wildman–Crippen MR) is 48.9 cm³/mol. The third-order valence-electron chi connectivity index (χ3n) is 0.832. The normalized spacial score (nSPS) is 13.7. The Kier molecular flexibility index (Phi) is 5.10. The Morgan fingerprint density at radius 2 is 2.18 bits per heavy atom. The molecule has 0 spiro atoms. The maximum Gasteiger partial charge on any atom is 0.0832 e. The van der Waals surface area contributed by atoms with E-state index in [1.807, 2.05) is 13.8 Å². The van der Waals surface area contributed by atoms with Crippen molar-refractivity contribution in [2.45, 2.75) is 19.4 Å². The third kappa shape index (κ3) is 8.14. The molecule has 0 aromatic carbocycles. The van der Waals surface area contributed by atoms with Gasteiger partial charge in [0, 0.05) is 11.1 Å². The highest BCUT2D eigenvalue weighted by Gasteiger charge is 2.09. The fourth-order valence-corrected chi connectivity index (χ4v) is 0.583. The third-order valence-corrected chi connectivity index (χ3v) is 1.43. The van der Waals surface area contributed by atoms with E-state index in [-0.39, 0.29) is 5.54 Å². The molecule has 0 rings (SSSR count). The molecule has 0 aromatic heterocycles. The zero-order valence-corrected chi connectivity index (χ0v) is 8.24. The molecular formula is C7H13Cl2NO. The molecule has 2 N–H and O–H groups in total. The lowest BCUT2D eigenvalue weighted by Gasteiger charge is -2.17. The van der Waals surface area contributed by atoms with Gasteiger partial charge in [-0.25, -0.2) is 0 Å². The van der Waals surface area contributed by atoms with Gasteiger partial charge in [-0.3, -0.25) is 0 Å². The second-order valence-electron chi connectivity index (χ2n) is 3.04. The quantitative estimate of drug-likeness (QED) is 0.750. The summed E-state index contributed by atoms with van der Waals surface area (Å²) in [5.41, 5.74) is 6.61. The molecule has 4 heteroatoms. The van der Waals surface area contributed by atoms with E-state index in [9.17, 15) is 0 Å². The molecule has 66 valence electrons. The molecule has 0 fully saturated rings. The van der Waals surface area contributed by atoms with Crippen LogP contribution in [0.4, 0.5) is 0 Å². The number of hydrogen-bond acceptors (Lipinski definition) is 2. The van der Waals surface area contributed by atoms with Crippen LogP contribution in [0.15, 0.2) is 10.6 Å². The van der Waals surface area contributed by atoms with Gasteiger partial charge in [-0.15, -0.1) is 0 Å². The highest BCUT2D eigenvalue weighted by Crippen LogP contribution is 2.05. The van der Waals surface area contributed by atoms with E-state index in [4.69, 9.17) is 33.7 Å². The lowest BCUT2D eigenvalue weighted by molar-refractivity contribution is 0.118. The van der Waals surface area contributed by atoms with Gasteiger partial charge in [-0.1, -0.05) is 23.2 Å². The Hall–Kier alpha value is 0.240. The van der Waals surface area contributed by atoms with Crippen molar-refractivity contribution >= 4 is 23.2 Å². The number of hydrogen-bond donors (Lipinski definition) is 1. The highest BCUT2D eigenvalue weighted by molar-refractivity contribution is 6.36. The number of halogens is 2. The zero-order chi connectivity index (χ0) is 8.91. The average Bonchev–Trinajstić information content (AvgIpc) is 1.85. The molecule has 0 aliphatic rings. The van der Waals surface area contributed by atoms with E-state index in [0.717, 1.165) is 0 Å². The van der Waals surface area contributed by atoms with Crippen molar-refractivity contribution in [3.8, 4) is 0 Å². The van der Waals surface area contributed by atoms with Gasteiger partial charge in [0.2, 0.25) is 0 Å². The van der Waals surface area contributed by atoms with Gasteiger partial charge in [-0.05, 0) is 13.8 Å². The van der Waals surface area contributed by atoms with Crippen molar-refractivity contribution in [1.29, 1.82) is 0 Å². The molecule has 0 aliphatic carbocycles. The van der Waals surface area contributed by atoms with Crippen LogP contribution in [-0.2, 0) is 4.74 Å². The maximum absolute atomic E-state index is 5.64. The van der Waals surface area contributed by atoms with Gasteiger partial charge in [0.05, 0.1) is 18.2 Å². The van der Waals surface area contributed by atoms with Crippen LogP contribution in [0.25, 0.3) is 0 Å². The van der Waals surface area contributed by atoms with E-state index in [2.05, 4.69) is 0 Å². The molecule has 0 aromatic rings. The average molecular weight is 198 g/mol. The molecule has 11 heavy (non-hydrogen) atoms. The van der Waals surface area contributed by atoms with E-state index in [1.54, 1.807) is 0 Å².